The number of nitrogens with one attached hydrogen (secondary N) is 2. The third kappa shape index (κ3) is 4.00. The lowest BCUT2D eigenvalue weighted by Crippen LogP contribution is -2.29. The fraction of sp³-hybridized carbons (Fsp3) is 0.462. The molecule has 5 heteroatoms. The van der Waals surface area contributed by atoms with Gasteiger partial charge in [-0.05, 0) is 31.7 Å². The number of benzene rings is 1. The molecule has 0 heterocycles. The quantitative estimate of drug-likeness (QED) is 0.811. The van der Waals surface area contributed by atoms with Crippen LogP contribution >= 0.6 is 0 Å². The Morgan fingerprint density at radius 1 is 1.50 bits per heavy atom. The van der Waals surface area contributed by atoms with Crippen LogP contribution in [0.5, 0.6) is 5.75 Å². The summed E-state index contributed by atoms with van der Waals surface area (Å²) in [5, 5.41) is 5.71. The van der Waals surface area contributed by atoms with Gasteiger partial charge in [0.2, 0.25) is 5.91 Å². The lowest BCUT2D eigenvalue weighted by Gasteiger charge is -2.15. The van der Waals surface area contributed by atoms with Crippen molar-refractivity contribution in [1.29, 1.82) is 0 Å². The van der Waals surface area contributed by atoms with Crippen molar-refractivity contribution in [2.45, 2.75) is 19.4 Å². The van der Waals surface area contributed by atoms with Crippen LogP contribution in [0.15, 0.2) is 18.2 Å². The SMILES string of the molecule is CNCCC(=O)NC(C)c1ccc(OC)c(F)c1. The first-order valence-electron chi connectivity index (χ1n) is 5.86. The van der Waals surface area contributed by atoms with Gasteiger partial charge in [0.05, 0.1) is 13.2 Å². The van der Waals surface area contributed by atoms with Gasteiger partial charge in [0.25, 0.3) is 0 Å². The Hall–Kier alpha value is -1.62. The van der Waals surface area contributed by atoms with Crippen molar-refractivity contribution < 1.29 is 13.9 Å². The van der Waals surface area contributed by atoms with Gasteiger partial charge in [-0.25, -0.2) is 4.39 Å². The van der Waals surface area contributed by atoms with Gasteiger partial charge in [-0.1, -0.05) is 6.07 Å². The number of amides is 1. The van der Waals surface area contributed by atoms with E-state index in [1.807, 2.05) is 6.92 Å². The number of carbonyl (C=O) groups is 1. The normalized spacial score (nSPS) is 12.0. The largest absolute Gasteiger partial charge is 0.494 e. The molecule has 0 fully saturated rings. The van der Waals surface area contributed by atoms with Crippen LogP contribution in [0, 0.1) is 5.82 Å². The van der Waals surface area contributed by atoms with Crippen molar-refractivity contribution in [1.82, 2.24) is 10.6 Å². The molecular formula is C13H19FN2O2. The summed E-state index contributed by atoms with van der Waals surface area (Å²) in [7, 11) is 3.20. The Labute approximate surface area is 107 Å². The summed E-state index contributed by atoms with van der Waals surface area (Å²) in [6.07, 6.45) is 0.402. The van der Waals surface area contributed by atoms with E-state index in [2.05, 4.69) is 10.6 Å². The van der Waals surface area contributed by atoms with Gasteiger partial charge in [-0.3, -0.25) is 4.79 Å². The first-order valence-corrected chi connectivity index (χ1v) is 5.86. The molecule has 1 atom stereocenters. The third-order valence-electron chi connectivity index (χ3n) is 2.66. The summed E-state index contributed by atoms with van der Waals surface area (Å²) >= 11 is 0. The van der Waals surface area contributed by atoms with Crippen molar-refractivity contribution in [3.63, 3.8) is 0 Å². The van der Waals surface area contributed by atoms with E-state index in [1.165, 1.54) is 13.2 Å². The number of methoxy groups -OCH3 is 1. The topological polar surface area (TPSA) is 50.4 Å². The summed E-state index contributed by atoms with van der Waals surface area (Å²) < 4.78 is 18.3. The Bertz CT molecular complexity index is 410. The van der Waals surface area contributed by atoms with E-state index >= 15 is 0 Å². The molecule has 0 saturated carbocycles. The number of halogens is 1. The molecular weight excluding hydrogens is 235 g/mol. The molecule has 1 aromatic carbocycles. The summed E-state index contributed by atoms with van der Waals surface area (Å²) in [4.78, 5) is 11.5. The van der Waals surface area contributed by atoms with Crippen LogP contribution in [0.2, 0.25) is 0 Å². The predicted octanol–water partition coefficient (Wildman–Crippen LogP) is 1.62. The fourth-order valence-electron chi connectivity index (χ4n) is 1.59. The minimum Gasteiger partial charge on any atom is -0.494 e. The second-order valence-corrected chi connectivity index (χ2v) is 4.04. The number of rotatable bonds is 6. The summed E-state index contributed by atoms with van der Waals surface area (Å²) in [6.45, 7) is 2.44. The second-order valence-electron chi connectivity index (χ2n) is 4.04. The second kappa shape index (κ2) is 6.96. The molecule has 1 rings (SSSR count). The van der Waals surface area contributed by atoms with Gasteiger partial charge in [0.15, 0.2) is 11.6 Å². The Kier molecular flexibility index (Phi) is 5.58. The lowest BCUT2D eigenvalue weighted by atomic mass is 10.1. The van der Waals surface area contributed by atoms with E-state index in [1.54, 1.807) is 19.2 Å². The van der Waals surface area contributed by atoms with Crippen molar-refractivity contribution in [2.24, 2.45) is 0 Å². The van der Waals surface area contributed by atoms with Gasteiger partial charge in [-0.2, -0.15) is 0 Å². The monoisotopic (exact) mass is 254 g/mol. The van der Waals surface area contributed by atoms with Crippen LogP contribution in [-0.2, 0) is 4.79 Å². The first-order chi connectivity index (χ1) is 8.58. The zero-order valence-corrected chi connectivity index (χ0v) is 10.9. The molecule has 0 aliphatic heterocycles. The van der Waals surface area contributed by atoms with Crippen molar-refractivity contribution in [2.75, 3.05) is 20.7 Å². The maximum atomic E-state index is 13.5. The zero-order valence-electron chi connectivity index (χ0n) is 10.9. The maximum absolute atomic E-state index is 13.5. The smallest absolute Gasteiger partial charge is 0.221 e. The minimum atomic E-state index is -0.425. The van der Waals surface area contributed by atoms with Gasteiger partial charge in [0, 0.05) is 13.0 Å². The molecule has 1 amide bonds. The third-order valence-corrected chi connectivity index (χ3v) is 2.66. The highest BCUT2D eigenvalue weighted by molar-refractivity contribution is 5.76. The van der Waals surface area contributed by atoms with E-state index in [0.717, 1.165) is 0 Å². The van der Waals surface area contributed by atoms with Crippen molar-refractivity contribution >= 4 is 5.91 Å². The summed E-state index contributed by atoms with van der Waals surface area (Å²) in [5.74, 6) is -0.285. The highest BCUT2D eigenvalue weighted by Crippen LogP contribution is 2.21. The number of hydrogen-bond acceptors (Lipinski definition) is 3. The fourth-order valence-corrected chi connectivity index (χ4v) is 1.59. The highest BCUT2D eigenvalue weighted by atomic mass is 19.1. The molecule has 0 saturated heterocycles. The van der Waals surface area contributed by atoms with Gasteiger partial charge >= 0.3 is 0 Å². The molecule has 0 aliphatic rings. The van der Waals surface area contributed by atoms with Gasteiger partial charge in [-0.15, -0.1) is 0 Å². The number of carbonyl (C=O) groups excluding carboxylic acids is 1. The standard InChI is InChI=1S/C13H19FN2O2/c1-9(16-13(17)6-7-15-2)10-4-5-12(18-3)11(14)8-10/h4-5,8-9,15H,6-7H2,1-3H3,(H,16,17). The molecule has 0 aromatic heterocycles. The molecule has 1 aromatic rings. The molecule has 0 aliphatic carbocycles. The average molecular weight is 254 g/mol. The van der Waals surface area contributed by atoms with E-state index in [0.29, 0.717) is 18.5 Å². The maximum Gasteiger partial charge on any atom is 0.221 e. The summed E-state index contributed by atoms with van der Waals surface area (Å²) in [5.41, 5.74) is 0.714. The van der Waals surface area contributed by atoms with Gasteiger partial charge in [0.1, 0.15) is 0 Å². The van der Waals surface area contributed by atoms with Crippen molar-refractivity contribution in [3.05, 3.63) is 29.6 Å². The first kappa shape index (κ1) is 14.4. The lowest BCUT2D eigenvalue weighted by molar-refractivity contribution is -0.121. The molecule has 18 heavy (non-hydrogen) atoms. The van der Waals surface area contributed by atoms with Crippen LogP contribution in [0.1, 0.15) is 24.9 Å². The predicted molar refractivity (Wildman–Crippen MR) is 68.1 cm³/mol. The number of hydrogen-bond donors (Lipinski definition) is 2. The Balaban J connectivity index is 2.63. The van der Waals surface area contributed by atoms with E-state index in [-0.39, 0.29) is 17.7 Å². The van der Waals surface area contributed by atoms with Crippen LogP contribution < -0.4 is 15.4 Å². The van der Waals surface area contributed by atoms with E-state index < -0.39 is 5.82 Å². The zero-order chi connectivity index (χ0) is 13.5. The molecule has 2 N–H and O–H groups in total. The minimum absolute atomic E-state index is 0.0620. The van der Waals surface area contributed by atoms with E-state index in [4.69, 9.17) is 4.74 Å². The molecule has 4 nitrogen and oxygen atoms in total. The van der Waals surface area contributed by atoms with Crippen molar-refractivity contribution in [3.8, 4) is 5.75 Å². The Morgan fingerprint density at radius 3 is 2.78 bits per heavy atom. The molecule has 1 unspecified atom stereocenters. The number of ether oxygens (including phenoxy) is 1. The molecule has 0 spiro atoms. The van der Waals surface area contributed by atoms with Crippen LogP contribution in [0.25, 0.3) is 0 Å². The summed E-state index contributed by atoms with van der Waals surface area (Å²) in [6, 6.07) is 4.45. The van der Waals surface area contributed by atoms with Gasteiger partial charge < -0.3 is 15.4 Å². The Morgan fingerprint density at radius 2 is 2.22 bits per heavy atom. The molecule has 0 bridgehead atoms. The average Bonchev–Trinajstić information content (AvgIpc) is 2.36. The van der Waals surface area contributed by atoms with Crippen LogP contribution in [0.3, 0.4) is 0 Å². The molecule has 100 valence electrons. The van der Waals surface area contributed by atoms with E-state index in [9.17, 15) is 9.18 Å². The van der Waals surface area contributed by atoms with Crippen LogP contribution in [0.4, 0.5) is 4.39 Å². The highest BCUT2D eigenvalue weighted by Gasteiger charge is 2.11. The molecule has 0 radical (unpaired) electrons. The van der Waals surface area contributed by atoms with Crippen LogP contribution in [-0.4, -0.2) is 26.6 Å².